The van der Waals surface area contributed by atoms with Gasteiger partial charge in [-0.05, 0) is 19.1 Å². The van der Waals surface area contributed by atoms with Gasteiger partial charge in [0.2, 0.25) is 10.0 Å². The number of para-hydroxylation sites is 1. The second-order valence-corrected chi connectivity index (χ2v) is 6.77. The van der Waals surface area contributed by atoms with Gasteiger partial charge in [0.05, 0.1) is 16.0 Å². The Bertz CT molecular complexity index is 504. The third-order valence-corrected chi connectivity index (χ3v) is 5.36. The SMILES string of the molecule is CC1CNCCN(c2ccccc2Cl)S1(=O)=O. The molecule has 0 spiro atoms. The highest BCUT2D eigenvalue weighted by molar-refractivity contribution is 7.93. The molecule has 1 aliphatic heterocycles. The molecule has 0 saturated carbocycles. The highest BCUT2D eigenvalue weighted by atomic mass is 35.5. The lowest BCUT2D eigenvalue weighted by atomic mass is 10.3. The molecule has 0 bridgehead atoms. The quantitative estimate of drug-likeness (QED) is 0.844. The van der Waals surface area contributed by atoms with Gasteiger partial charge in [-0.2, -0.15) is 0 Å². The summed E-state index contributed by atoms with van der Waals surface area (Å²) in [6.45, 7) is 3.23. The zero-order valence-electron chi connectivity index (χ0n) is 9.56. The molecular weight excluding hydrogens is 260 g/mol. The zero-order chi connectivity index (χ0) is 12.5. The van der Waals surface area contributed by atoms with Crippen LogP contribution < -0.4 is 9.62 Å². The van der Waals surface area contributed by atoms with Crippen molar-refractivity contribution in [3.05, 3.63) is 29.3 Å². The molecule has 1 heterocycles. The average molecular weight is 275 g/mol. The minimum Gasteiger partial charge on any atom is -0.314 e. The van der Waals surface area contributed by atoms with E-state index in [2.05, 4.69) is 5.32 Å². The largest absolute Gasteiger partial charge is 0.314 e. The third-order valence-electron chi connectivity index (χ3n) is 2.86. The van der Waals surface area contributed by atoms with Crippen molar-refractivity contribution in [2.45, 2.75) is 12.2 Å². The molecule has 0 aromatic heterocycles. The summed E-state index contributed by atoms with van der Waals surface area (Å²) >= 11 is 6.06. The summed E-state index contributed by atoms with van der Waals surface area (Å²) in [5.74, 6) is 0. The van der Waals surface area contributed by atoms with Gasteiger partial charge in [-0.15, -0.1) is 0 Å². The van der Waals surface area contributed by atoms with E-state index in [-0.39, 0.29) is 0 Å². The van der Waals surface area contributed by atoms with Gasteiger partial charge in [-0.25, -0.2) is 8.42 Å². The Balaban J connectivity index is 2.46. The van der Waals surface area contributed by atoms with Crippen molar-refractivity contribution in [1.29, 1.82) is 0 Å². The summed E-state index contributed by atoms with van der Waals surface area (Å²) in [6, 6.07) is 7.02. The number of hydrogen-bond acceptors (Lipinski definition) is 3. The van der Waals surface area contributed by atoms with E-state index in [4.69, 9.17) is 11.6 Å². The van der Waals surface area contributed by atoms with Crippen molar-refractivity contribution in [2.24, 2.45) is 0 Å². The van der Waals surface area contributed by atoms with Crippen LogP contribution in [0.3, 0.4) is 0 Å². The average Bonchev–Trinajstić information content (AvgIpc) is 2.41. The van der Waals surface area contributed by atoms with E-state index in [1.165, 1.54) is 4.31 Å². The lowest BCUT2D eigenvalue weighted by molar-refractivity contribution is 0.581. The van der Waals surface area contributed by atoms with E-state index in [1.807, 2.05) is 0 Å². The fourth-order valence-electron chi connectivity index (χ4n) is 1.85. The second kappa shape index (κ2) is 4.84. The first-order chi connectivity index (χ1) is 8.03. The maximum Gasteiger partial charge on any atom is 0.239 e. The van der Waals surface area contributed by atoms with Gasteiger partial charge in [-0.1, -0.05) is 23.7 Å². The summed E-state index contributed by atoms with van der Waals surface area (Å²) in [6.07, 6.45) is 0. The van der Waals surface area contributed by atoms with Crippen LogP contribution in [0, 0.1) is 0 Å². The monoisotopic (exact) mass is 274 g/mol. The Kier molecular flexibility index (Phi) is 3.61. The van der Waals surface area contributed by atoms with Crippen LogP contribution in [0.5, 0.6) is 0 Å². The van der Waals surface area contributed by atoms with E-state index in [0.29, 0.717) is 30.3 Å². The fourth-order valence-corrected chi connectivity index (χ4v) is 3.68. The number of sulfonamides is 1. The molecule has 1 atom stereocenters. The van der Waals surface area contributed by atoms with Crippen molar-refractivity contribution in [2.75, 3.05) is 23.9 Å². The lowest BCUT2D eigenvalue weighted by Crippen LogP contribution is -2.38. The molecule has 1 aliphatic rings. The molecule has 4 nitrogen and oxygen atoms in total. The molecule has 1 saturated heterocycles. The summed E-state index contributed by atoms with van der Waals surface area (Å²) in [5.41, 5.74) is 0.560. The first-order valence-electron chi connectivity index (χ1n) is 5.50. The Morgan fingerprint density at radius 1 is 1.41 bits per heavy atom. The molecule has 1 aromatic rings. The van der Waals surface area contributed by atoms with E-state index in [1.54, 1.807) is 31.2 Å². The Hall–Kier alpha value is -0.780. The topological polar surface area (TPSA) is 49.4 Å². The van der Waals surface area contributed by atoms with Gasteiger partial charge in [0, 0.05) is 19.6 Å². The van der Waals surface area contributed by atoms with Crippen LogP contribution >= 0.6 is 11.6 Å². The molecule has 2 rings (SSSR count). The van der Waals surface area contributed by atoms with Gasteiger partial charge < -0.3 is 5.32 Å². The van der Waals surface area contributed by atoms with Gasteiger partial charge >= 0.3 is 0 Å². The zero-order valence-corrected chi connectivity index (χ0v) is 11.1. The number of anilines is 1. The molecule has 1 unspecified atom stereocenters. The molecule has 0 aliphatic carbocycles. The maximum atomic E-state index is 12.3. The number of nitrogens with one attached hydrogen (secondary N) is 1. The molecule has 6 heteroatoms. The molecule has 0 radical (unpaired) electrons. The van der Waals surface area contributed by atoms with Crippen molar-refractivity contribution in [1.82, 2.24) is 5.32 Å². The Labute approximate surface area is 107 Å². The smallest absolute Gasteiger partial charge is 0.239 e. The minimum absolute atomic E-state index is 0.413. The number of nitrogens with zero attached hydrogens (tertiary/aromatic N) is 1. The predicted octanol–water partition coefficient (Wildman–Crippen LogP) is 1.47. The highest BCUT2D eigenvalue weighted by Gasteiger charge is 2.31. The maximum absolute atomic E-state index is 12.3. The van der Waals surface area contributed by atoms with Crippen LogP contribution in [-0.2, 0) is 10.0 Å². The number of hydrogen-bond donors (Lipinski definition) is 1. The van der Waals surface area contributed by atoms with Crippen LogP contribution in [-0.4, -0.2) is 33.3 Å². The lowest BCUT2D eigenvalue weighted by Gasteiger charge is -2.25. The first-order valence-corrected chi connectivity index (χ1v) is 7.38. The summed E-state index contributed by atoms with van der Waals surface area (Å²) in [5, 5.41) is 3.13. The fraction of sp³-hybridized carbons (Fsp3) is 0.455. The van der Waals surface area contributed by atoms with Crippen LogP contribution in [0.4, 0.5) is 5.69 Å². The van der Waals surface area contributed by atoms with E-state index >= 15 is 0 Å². The summed E-state index contributed by atoms with van der Waals surface area (Å²) in [7, 11) is -3.33. The highest BCUT2D eigenvalue weighted by Crippen LogP contribution is 2.29. The van der Waals surface area contributed by atoms with Crippen LogP contribution in [0.15, 0.2) is 24.3 Å². The van der Waals surface area contributed by atoms with Gasteiger partial charge in [-0.3, -0.25) is 4.31 Å². The Morgan fingerprint density at radius 3 is 2.82 bits per heavy atom. The molecule has 17 heavy (non-hydrogen) atoms. The van der Waals surface area contributed by atoms with Crippen molar-refractivity contribution in [3.63, 3.8) is 0 Å². The number of halogens is 1. The van der Waals surface area contributed by atoms with Crippen molar-refractivity contribution < 1.29 is 8.42 Å². The molecule has 1 aromatic carbocycles. The summed E-state index contributed by atoms with van der Waals surface area (Å²) < 4.78 is 26.0. The third kappa shape index (κ3) is 2.41. The minimum atomic E-state index is -3.33. The van der Waals surface area contributed by atoms with Crippen LogP contribution in [0.1, 0.15) is 6.92 Å². The van der Waals surface area contributed by atoms with E-state index in [0.717, 1.165) is 0 Å². The van der Waals surface area contributed by atoms with Gasteiger partial charge in [0.1, 0.15) is 0 Å². The van der Waals surface area contributed by atoms with Crippen LogP contribution in [0.2, 0.25) is 5.02 Å². The molecular formula is C11H15ClN2O2S. The number of benzene rings is 1. The van der Waals surface area contributed by atoms with Crippen molar-refractivity contribution >= 4 is 27.3 Å². The number of rotatable bonds is 1. The molecule has 0 amide bonds. The van der Waals surface area contributed by atoms with Gasteiger partial charge in [0.25, 0.3) is 0 Å². The van der Waals surface area contributed by atoms with Crippen molar-refractivity contribution in [3.8, 4) is 0 Å². The normalized spacial score (nSPS) is 24.4. The van der Waals surface area contributed by atoms with E-state index < -0.39 is 15.3 Å². The van der Waals surface area contributed by atoms with Crippen LogP contribution in [0.25, 0.3) is 0 Å². The first kappa shape index (κ1) is 12.7. The second-order valence-electron chi connectivity index (χ2n) is 4.08. The Morgan fingerprint density at radius 2 is 2.12 bits per heavy atom. The predicted molar refractivity (Wildman–Crippen MR) is 70.0 cm³/mol. The molecule has 94 valence electrons. The van der Waals surface area contributed by atoms with E-state index in [9.17, 15) is 8.42 Å². The summed E-state index contributed by atoms with van der Waals surface area (Å²) in [4.78, 5) is 0. The van der Waals surface area contributed by atoms with Gasteiger partial charge in [0.15, 0.2) is 0 Å². The molecule has 1 fully saturated rings. The molecule has 1 N–H and O–H groups in total. The standard InChI is InChI=1S/C11H15ClN2O2S/c1-9-8-13-6-7-14(17(9,15)16)11-5-3-2-4-10(11)12/h2-5,9,13H,6-8H2,1H3.